The molecule has 1 aliphatic carbocycles. The van der Waals surface area contributed by atoms with Crippen LogP contribution in [0.15, 0.2) is 59.6 Å². The number of amides is 1. The normalized spacial score (nSPS) is 12.7. The lowest BCUT2D eigenvalue weighted by molar-refractivity contribution is 0.102. The van der Waals surface area contributed by atoms with Crippen molar-refractivity contribution in [3.63, 3.8) is 0 Å². The number of halogens is 2. The van der Waals surface area contributed by atoms with Crippen LogP contribution >= 0.6 is 15.9 Å². The van der Waals surface area contributed by atoms with E-state index in [2.05, 4.69) is 36.4 Å². The molecule has 4 aromatic rings. The molecule has 0 fully saturated rings. The minimum absolute atomic E-state index is 0.315. The van der Waals surface area contributed by atoms with Gasteiger partial charge in [-0.05, 0) is 49.6 Å². The van der Waals surface area contributed by atoms with Crippen LogP contribution < -0.4 is 5.32 Å². The molecule has 1 amide bonds. The smallest absolute Gasteiger partial charge is 0.276 e. The maximum absolute atomic E-state index is 14.4. The van der Waals surface area contributed by atoms with Crippen molar-refractivity contribution >= 4 is 27.5 Å². The van der Waals surface area contributed by atoms with Crippen LogP contribution in [0.25, 0.3) is 11.4 Å². The van der Waals surface area contributed by atoms with E-state index in [0.717, 1.165) is 35.0 Å². The largest absolute Gasteiger partial charge is 0.319 e. The molecule has 0 aliphatic heterocycles. The second-order valence-corrected chi connectivity index (χ2v) is 7.86. The molecule has 2 aromatic heterocycles. The van der Waals surface area contributed by atoms with E-state index in [9.17, 15) is 9.18 Å². The molecule has 5 rings (SSSR count). The Balaban J connectivity index is 1.54. The Morgan fingerprint density at radius 2 is 2.00 bits per heavy atom. The zero-order valence-corrected chi connectivity index (χ0v) is 17.3. The van der Waals surface area contributed by atoms with Crippen molar-refractivity contribution in [3.05, 3.63) is 82.4 Å². The molecular formula is C21H16BrFN6O. The van der Waals surface area contributed by atoms with Crippen molar-refractivity contribution in [2.45, 2.75) is 19.3 Å². The average molecular weight is 467 g/mol. The number of fused-ring (bicyclic) bond motifs is 1. The van der Waals surface area contributed by atoms with Gasteiger partial charge in [0, 0.05) is 15.7 Å². The summed E-state index contributed by atoms with van der Waals surface area (Å²) in [6, 6.07) is 11.9. The first-order chi connectivity index (χ1) is 14.6. The molecule has 1 aliphatic rings. The Hall–Kier alpha value is -3.33. The Bertz CT molecular complexity index is 1250. The van der Waals surface area contributed by atoms with E-state index in [4.69, 9.17) is 0 Å². The van der Waals surface area contributed by atoms with E-state index in [1.54, 1.807) is 40.0 Å². The highest BCUT2D eigenvalue weighted by atomic mass is 79.9. The quantitative estimate of drug-likeness (QED) is 0.491. The van der Waals surface area contributed by atoms with Gasteiger partial charge in [0.05, 0.1) is 11.4 Å². The number of nitrogens with one attached hydrogen (secondary N) is 1. The summed E-state index contributed by atoms with van der Waals surface area (Å²) in [7, 11) is 0. The number of nitrogens with zero attached hydrogens (tertiary/aromatic N) is 5. The van der Waals surface area contributed by atoms with Gasteiger partial charge in [0.15, 0.2) is 5.69 Å². The second kappa shape index (κ2) is 7.49. The van der Waals surface area contributed by atoms with Crippen molar-refractivity contribution in [1.29, 1.82) is 0 Å². The number of aromatic nitrogens is 5. The zero-order chi connectivity index (χ0) is 20.7. The first-order valence-electron chi connectivity index (χ1n) is 9.43. The zero-order valence-electron chi connectivity index (χ0n) is 15.7. The van der Waals surface area contributed by atoms with Crippen LogP contribution in [0, 0.1) is 5.82 Å². The van der Waals surface area contributed by atoms with Gasteiger partial charge in [-0.3, -0.25) is 4.79 Å². The van der Waals surface area contributed by atoms with Gasteiger partial charge in [-0.1, -0.05) is 28.1 Å². The second-order valence-electron chi connectivity index (χ2n) is 6.95. The lowest BCUT2D eigenvalue weighted by Gasteiger charge is -2.11. The highest BCUT2D eigenvalue weighted by Crippen LogP contribution is 2.30. The predicted molar refractivity (Wildman–Crippen MR) is 113 cm³/mol. The molecule has 1 N–H and O–H groups in total. The minimum Gasteiger partial charge on any atom is -0.319 e. The van der Waals surface area contributed by atoms with Crippen molar-refractivity contribution < 1.29 is 9.18 Å². The van der Waals surface area contributed by atoms with Gasteiger partial charge in [0.1, 0.15) is 24.2 Å². The number of hydrogen-bond acceptors (Lipinski definition) is 4. The summed E-state index contributed by atoms with van der Waals surface area (Å²) >= 11 is 3.44. The summed E-state index contributed by atoms with van der Waals surface area (Å²) in [4.78, 5) is 17.2. The van der Waals surface area contributed by atoms with E-state index in [0.29, 0.717) is 22.8 Å². The monoisotopic (exact) mass is 466 g/mol. The fraction of sp³-hybridized carbons (Fsp3) is 0.143. The van der Waals surface area contributed by atoms with Crippen LogP contribution in [0.2, 0.25) is 0 Å². The molecule has 0 unspecified atom stereocenters. The van der Waals surface area contributed by atoms with E-state index in [-0.39, 0.29) is 11.7 Å². The van der Waals surface area contributed by atoms with E-state index >= 15 is 0 Å². The van der Waals surface area contributed by atoms with Gasteiger partial charge in [-0.25, -0.2) is 18.7 Å². The third-order valence-electron chi connectivity index (χ3n) is 5.10. The Labute approximate surface area is 179 Å². The van der Waals surface area contributed by atoms with Gasteiger partial charge >= 0.3 is 0 Å². The third-order valence-corrected chi connectivity index (χ3v) is 5.59. The Morgan fingerprint density at radius 1 is 1.13 bits per heavy atom. The van der Waals surface area contributed by atoms with Gasteiger partial charge in [0.2, 0.25) is 0 Å². The van der Waals surface area contributed by atoms with Crippen LogP contribution in [0.4, 0.5) is 10.1 Å². The molecule has 2 heterocycles. The molecule has 7 nitrogen and oxygen atoms in total. The first-order valence-corrected chi connectivity index (χ1v) is 10.2. The van der Waals surface area contributed by atoms with Crippen molar-refractivity contribution in [2.75, 3.05) is 5.32 Å². The molecule has 0 saturated heterocycles. The Kier molecular flexibility index (Phi) is 4.66. The van der Waals surface area contributed by atoms with Gasteiger partial charge in [-0.2, -0.15) is 10.2 Å². The standard InChI is InChI=1S/C21H16BrFN6O/c22-13-8-9-19(28-12-24-11-25-28)16(10-13)26-21(30)20-14-4-3-7-17(14)29(27-20)18-6-2-1-5-15(18)23/h1-2,5-6,8-12H,3-4,7H2,(H,26,30). The van der Waals surface area contributed by atoms with Crippen LogP contribution in [-0.2, 0) is 12.8 Å². The number of carbonyl (C=O) groups excluding carboxylic acids is 1. The van der Waals surface area contributed by atoms with Crippen LogP contribution in [0.3, 0.4) is 0 Å². The number of carbonyl (C=O) groups is 1. The van der Waals surface area contributed by atoms with Gasteiger partial charge < -0.3 is 5.32 Å². The summed E-state index contributed by atoms with van der Waals surface area (Å²) in [6.07, 6.45) is 5.38. The number of benzene rings is 2. The fourth-order valence-electron chi connectivity index (χ4n) is 3.76. The number of anilines is 1. The average Bonchev–Trinajstić information content (AvgIpc) is 3.47. The maximum Gasteiger partial charge on any atom is 0.276 e. The molecular weight excluding hydrogens is 451 g/mol. The molecule has 30 heavy (non-hydrogen) atoms. The molecule has 0 spiro atoms. The highest BCUT2D eigenvalue weighted by Gasteiger charge is 2.28. The summed E-state index contributed by atoms with van der Waals surface area (Å²) < 4.78 is 18.3. The first kappa shape index (κ1) is 18.7. The molecule has 2 aromatic carbocycles. The molecule has 150 valence electrons. The van der Waals surface area contributed by atoms with Gasteiger partial charge in [-0.15, -0.1) is 0 Å². The lowest BCUT2D eigenvalue weighted by atomic mass is 10.2. The molecule has 0 saturated carbocycles. The lowest BCUT2D eigenvalue weighted by Crippen LogP contribution is -2.16. The van der Waals surface area contributed by atoms with Crippen LogP contribution in [-0.4, -0.2) is 30.5 Å². The highest BCUT2D eigenvalue weighted by molar-refractivity contribution is 9.10. The molecule has 9 heteroatoms. The number of para-hydroxylation sites is 1. The summed E-state index contributed by atoms with van der Waals surface area (Å²) in [5.41, 5.74) is 3.65. The van der Waals surface area contributed by atoms with Crippen molar-refractivity contribution in [3.8, 4) is 11.4 Å². The summed E-state index contributed by atoms with van der Waals surface area (Å²) in [6.45, 7) is 0. The SMILES string of the molecule is O=C(Nc1cc(Br)ccc1-n1cncn1)c1nn(-c2ccccc2F)c2c1CCC2. The molecule has 0 radical (unpaired) electrons. The topological polar surface area (TPSA) is 77.6 Å². The van der Waals surface area contributed by atoms with E-state index in [1.165, 1.54) is 12.4 Å². The minimum atomic E-state index is -0.373. The third kappa shape index (κ3) is 3.21. The van der Waals surface area contributed by atoms with Crippen molar-refractivity contribution in [2.24, 2.45) is 0 Å². The predicted octanol–water partition coefficient (Wildman–Crippen LogP) is 4.10. The Morgan fingerprint density at radius 3 is 2.80 bits per heavy atom. The van der Waals surface area contributed by atoms with Gasteiger partial charge in [0.25, 0.3) is 5.91 Å². The number of hydrogen-bond donors (Lipinski definition) is 1. The summed E-state index contributed by atoms with van der Waals surface area (Å²) in [5.74, 6) is -0.718. The van der Waals surface area contributed by atoms with Crippen molar-refractivity contribution in [1.82, 2.24) is 24.5 Å². The van der Waals surface area contributed by atoms with E-state index < -0.39 is 0 Å². The van der Waals surface area contributed by atoms with E-state index in [1.807, 2.05) is 12.1 Å². The maximum atomic E-state index is 14.4. The van der Waals surface area contributed by atoms with Crippen LogP contribution in [0.5, 0.6) is 0 Å². The summed E-state index contributed by atoms with van der Waals surface area (Å²) in [5, 5.41) is 11.6. The van der Waals surface area contributed by atoms with Crippen LogP contribution in [0.1, 0.15) is 28.2 Å². The molecule has 0 bridgehead atoms. The number of rotatable bonds is 4. The molecule has 0 atom stereocenters. The fourth-order valence-corrected chi connectivity index (χ4v) is 4.13.